The average Bonchev–Trinajstić information content (AvgIpc) is 2.78. The molecule has 1 amide bonds. The van der Waals surface area contributed by atoms with Gasteiger partial charge in [-0.15, -0.1) is 0 Å². The van der Waals surface area contributed by atoms with Crippen molar-refractivity contribution in [1.82, 2.24) is 10.0 Å². The van der Waals surface area contributed by atoms with Gasteiger partial charge >= 0.3 is 0 Å². The summed E-state index contributed by atoms with van der Waals surface area (Å²) in [6.07, 6.45) is 2.05. The first-order chi connectivity index (χ1) is 9.54. The fourth-order valence-electron chi connectivity index (χ4n) is 2.61. The zero-order chi connectivity index (χ0) is 14.2. The van der Waals surface area contributed by atoms with Crippen molar-refractivity contribution in [2.24, 2.45) is 0 Å². The van der Waals surface area contributed by atoms with Crippen molar-refractivity contribution >= 4 is 21.6 Å². The molecule has 7 heteroatoms. The van der Waals surface area contributed by atoms with Crippen molar-refractivity contribution in [3.8, 4) is 0 Å². The van der Waals surface area contributed by atoms with Crippen molar-refractivity contribution in [3.63, 3.8) is 0 Å². The van der Waals surface area contributed by atoms with Gasteiger partial charge in [-0.3, -0.25) is 4.79 Å². The molecule has 0 radical (unpaired) electrons. The van der Waals surface area contributed by atoms with E-state index in [4.69, 9.17) is 0 Å². The number of rotatable bonds is 3. The number of amides is 1. The SMILES string of the molecule is O=C1Cc2cc(S(=O)(=O)N[C@H]3CCCNC3)ccc2N1. The zero-order valence-corrected chi connectivity index (χ0v) is 11.8. The van der Waals surface area contributed by atoms with Crippen molar-refractivity contribution < 1.29 is 13.2 Å². The minimum atomic E-state index is -3.53. The number of anilines is 1. The number of nitrogens with one attached hydrogen (secondary N) is 3. The molecule has 0 bridgehead atoms. The van der Waals surface area contributed by atoms with E-state index in [9.17, 15) is 13.2 Å². The smallest absolute Gasteiger partial charge is 0.240 e. The Labute approximate surface area is 118 Å². The summed E-state index contributed by atoms with van der Waals surface area (Å²) in [5.74, 6) is -0.0982. The molecule has 2 heterocycles. The van der Waals surface area contributed by atoms with E-state index in [1.165, 1.54) is 6.07 Å². The Balaban J connectivity index is 1.81. The number of hydrogen-bond acceptors (Lipinski definition) is 4. The molecule has 2 aliphatic rings. The van der Waals surface area contributed by atoms with E-state index in [-0.39, 0.29) is 23.3 Å². The lowest BCUT2D eigenvalue weighted by atomic mass is 10.1. The number of carbonyl (C=O) groups is 1. The molecule has 2 aliphatic heterocycles. The molecule has 0 unspecified atom stereocenters. The predicted molar refractivity (Wildman–Crippen MR) is 75.0 cm³/mol. The van der Waals surface area contributed by atoms with Crippen LogP contribution in [0, 0.1) is 0 Å². The third kappa shape index (κ3) is 2.70. The minimum absolute atomic E-state index is 0.0678. The summed E-state index contributed by atoms with van der Waals surface area (Å²) >= 11 is 0. The van der Waals surface area contributed by atoms with Gasteiger partial charge in [0.15, 0.2) is 0 Å². The van der Waals surface area contributed by atoms with Crippen molar-refractivity contribution in [3.05, 3.63) is 23.8 Å². The molecule has 0 aliphatic carbocycles. The third-order valence-corrected chi connectivity index (χ3v) is 5.15. The number of hydrogen-bond donors (Lipinski definition) is 3. The molecule has 1 fully saturated rings. The summed E-state index contributed by atoms with van der Waals surface area (Å²) < 4.78 is 27.4. The fraction of sp³-hybridized carbons (Fsp3) is 0.462. The Morgan fingerprint density at radius 3 is 2.90 bits per heavy atom. The number of benzene rings is 1. The maximum absolute atomic E-state index is 12.3. The minimum Gasteiger partial charge on any atom is -0.326 e. The van der Waals surface area contributed by atoms with Gasteiger partial charge in [-0.05, 0) is 43.1 Å². The van der Waals surface area contributed by atoms with Crippen molar-refractivity contribution in [2.45, 2.75) is 30.2 Å². The van der Waals surface area contributed by atoms with Crippen LogP contribution in [0.25, 0.3) is 0 Å². The van der Waals surface area contributed by atoms with Crippen LogP contribution < -0.4 is 15.4 Å². The van der Waals surface area contributed by atoms with Gasteiger partial charge in [-0.2, -0.15) is 0 Å². The summed E-state index contributed by atoms with van der Waals surface area (Å²) in [6.45, 7) is 1.59. The summed E-state index contributed by atoms with van der Waals surface area (Å²) in [7, 11) is -3.53. The van der Waals surface area contributed by atoms with E-state index in [2.05, 4.69) is 15.4 Å². The van der Waals surface area contributed by atoms with Crippen LogP contribution >= 0.6 is 0 Å². The van der Waals surface area contributed by atoms with Gasteiger partial charge in [-0.25, -0.2) is 13.1 Å². The highest BCUT2D eigenvalue weighted by atomic mass is 32.2. The van der Waals surface area contributed by atoms with Crippen LogP contribution in [-0.4, -0.2) is 33.5 Å². The molecule has 0 saturated carbocycles. The van der Waals surface area contributed by atoms with E-state index in [1.807, 2.05) is 0 Å². The van der Waals surface area contributed by atoms with Gasteiger partial charge in [0.1, 0.15) is 0 Å². The topological polar surface area (TPSA) is 87.3 Å². The van der Waals surface area contributed by atoms with Crippen molar-refractivity contribution in [2.75, 3.05) is 18.4 Å². The van der Waals surface area contributed by atoms with Crippen LogP contribution in [0.1, 0.15) is 18.4 Å². The van der Waals surface area contributed by atoms with Crippen molar-refractivity contribution in [1.29, 1.82) is 0 Å². The number of piperidine rings is 1. The summed E-state index contributed by atoms with van der Waals surface area (Å²) in [4.78, 5) is 11.5. The molecule has 3 N–H and O–H groups in total. The number of fused-ring (bicyclic) bond motifs is 1. The van der Waals surface area contributed by atoms with Gasteiger partial charge in [0, 0.05) is 18.3 Å². The molecule has 0 spiro atoms. The van der Waals surface area contributed by atoms with Crippen LogP contribution in [-0.2, 0) is 21.2 Å². The molecular weight excluding hydrogens is 278 g/mol. The molecule has 3 rings (SSSR count). The molecule has 1 aromatic rings. The number of sulfonamides is 1. The standard InChI is InChI=1S/C13H17N3O3S/c17-13-7-9-6-11(3-4-12(9)15-13)20(18,19)16-10-2-1-5-14-8-10/h3-4,6,10,14,16H,1-2,5,7-8H2,(H,15,17)/t10-/m0/s1. The Bertz CT molecular complexity index is 636. The van der Waals surface area contributed by atoms with E-state index >= 15 is 0 Å². The highest BCUT2D eigenvalue weighted by molar-refractivity contribution is 7.89. The summed E-state index contributed by atoms with van der Waals surface area (Å²) in [6, 6.07) is 4.68. The first-order valence-corrected chi connectivity index (χ1v) is 8.19. The highest BCUT2D eigenvalue weighted by Gasteiger charge is 2.24. The second kappa shape index (κ2) is 5.16. The Morgan fingerprint density at radius 2 is 2.15 bits per heavy atom. The van der Waals surface area contributed by atoms with Gasteiger partial charge < -0.3 is 10.6 Å². The van der Waals surface area contributed by atoms with Gasteiger partial charge in [0.05, 0.1) is 11.3 Å². The van der Waals surface area contributed by atoms with Gasteiger partial charge in [-0.1, -0.05) is 0 Å². The zero-order valence-electron chi connectivity index (χ0n) is 11.0. The monoisotopic (exact) mass is 295 g/mol. The molecule has 6 nitrogen and oxygen atoms in total. The maximum atomic E-state index is 12.3. The Hall–Kier alpha value is -1.44. The Morgan fingerprint density at radius 1 is 1.30 bits per heavy atom. The van der Waals surface area contributed by atoms with Crippen LogP contribution in [0.3, 0.4) is 0 Å². The second-order valence-electron chi connectivity index (χ2n) is 5.21. The maximum Gasteiger partial charge on any atom is 0.240 e. The molecule has 1 atom stereocenters. The van der Waals surface area contributed by atoms with E-state index < -0.39 is 10.0 Å². The van der Waals surface area contributed by atoms with Gasteiger partial charge in [0.2, 0.25) is 15.9 Å². The summed E-state index contributed by atoms with van der Waals surface area (Å²) in [5, 5.41) is 5.87. The molecule has 20 heavy (non-hydrogen) atoms. The van der Waals surface area contributed by atoms with Crippen LogP contribution in [0.5, 0.6) is 0 Å². The highest BCUT2D eigenvalue weighted by Crippen LogP contribution is 2.25. The Kier molecular flexibility index (Phi) is 3.49. The normalized spacial score (nSPS) is 22.4. The molecule has 1 saturated heterocycles. The van der Waals surface area contributed by atoms with Gasteiger partial charge in [0.25, 0.3) is 0 Å². The predicted octanol–water partition coefficient (Wildman–Crippen LogP) is 0.211. The largest absolute Gasteiger partial charge is 0.326 e. The van der Waals surface area contributed by atoms with Crippen LogP contribution in [0.2, 0.25) is 0 Å². The first-order valence-electron chi connectivity index (χ1n) is 6.70. The summed E-state index contributed by atoms with van der Waals surface area (Å²) in [5.41, 5.74) is 1.44. The fourth-order valence-corrected chi connectivity index (χ4v) is 3.93. The lowest BCUT2D eigenvalue weighted by Gasteiger charge is -2.23. The van der Waals surface area contributed by atoms with Crippen LogP contribution in [0.15, 0.2) is 23.1 Å². The second-order valence-corrected chi connectivity index (χ2v) is 6.92. The van der Waals surface area contributed by atoms with E-state index in [0.717, 1.165) is 24.9 Å². The third-order valence-electron chi connectivity index (χ3n) is 3.63. The first kappa shape index (κ1) is 13.5. The number of carbonyl (C=O) groups excluding carboxylic acids is 1. The lowest BCUT2D eigenvalue weighted by molar-refractivity contribution is -0.115. The lowest BCUT2D eigenvalue weighted by Crippen LogP contribution is -2.45. The molecule has 108 valence electrons. The molecule has 1 aromatic carbocycles. The molecular formula is C13H17N3O3S. The average molecular weight is 295 g/mol. The van der Waals surface area contributed by atoms with E-state index in [0.29, 0.717) is 12.2 Å². The van der Waals surface area contributed by atoms with E-state index in [1.54, 1.807) is 12.1 Å². The quantitative estimate of drug-likeness (QED) is 0.744. The molecule has 0 aromatic heterocycles. The van der Waals surface area contributed by atoms with Crippen LogP contribution in [0.4, 0.5) is 5.69 Å².